The van der Waals surface area contributed by atoms with Gasteiger partial charge in [-0.05, 0) is 26.4 Å². The fraction of sp³-hybridized carbons (Fsp3) is 0.600. The van der Waals surface area contributed by atoms with E-state index < -0.39 is 0 Å². The van der Waals surface area contributed by atoms with Crippen LogP contribution < -0.4 is 5.32 Å². The summed E-state index contributed by atoms with van der Waals surface area (Å²) in [5.41, 5.74) is 0. The number of nitrogens with one attached hydrogen (secondary N) is 1. The van der Waals surface area contributed by atoms with E-state index in [9.17, 15) is 0 Å². The highest BCUT2D eigenvalue weighted by Gasteiger charge is 2.18. The predicted octanol–water partition coefficient (Wildman–Crippen LogP) is 2.17. The van der Waals surface area contributed by atoms with Crippen molar-refractivity contribution in [2.75, 3.05) is 25.5 Å². The van der Waals surface area contributed by atoms with Crippen molar-refractivity contribution in [3.8, 4) is 6.07 Å². The molecule has 1 fully saturated rings. The summed E-state index contributed by atoms with van der Waals surface area (Å²) in [6, 6.07) is 2.45. The van der Waals surface area contributed by atoms with Gasteiger partial charge in [-0.15, -0.1) is 0 Å². The number of likely N-dealkylation sites (tertiary alicyclic amines) is 1. The molecular weight excluding hydrogens is 244 g/mol. The maximum absolute atomic E-state index is 8.78. The third-order valence-corrected chi connectivity index (χ3v) is 3.92. The van der Waals surface area contributed by atoms with E-state index in [1.165, 1.54) is 17.8 Å². The van der Waals surface area contributed by atoms with Gasteiger partial charge in [-0.2, -0.15) is 5.26 Å². The number of nitrogens with zero attached hydrogens (tertiary/aromatic N) is 3. The van der Waals surface area contributed by atoms with Gasteiger partial charge in [0.2, 0.25) is 0 Å². The second-order valence-electron chi connectivity index (χ2n) is 4.00. The second-order valence-corrected chi connectivity index (χ2v) is 5.35. The lowest BCUT2D eigenvalue weighted by Gasteiger charge is -2.29. The molecule has 1 aliphatic rings. The van der Waals surface area contributed by atoms with Crippen LogP contribution in [-0.4, -0.2) is 36.1 Å². The van der Waals surface area contributed by atoms with Gasteiger partial charge in [-0.25, -0.2) is 4.98 Å². The minimum atomic E-state index is 0.305. The topological polar surface area (TPSA) is 52.0 Å². The number of aromatic nitrogens is 1. The van der Waals surface area contributed by atoms with E-state index in [2.05, 4.69) is 22.2 Å². The molecule has 2 rings (SSSR count). The van der Waals surface area contributed by atoms with Crippen LogP contribution in [0.3, 0.4) is 0 Å². The van der Waals surface area contributed by atoms with Gasteiger partial charge in [0.05, 0.1) is 0 Å². The first-order chi connectivity index (χ1) is 7.69. The fourth-order valence-electron chi connectivity index (χ4n) is 1.89. The van der Waals surface area contributed by atoms with Gasteiger partial charge in [-0.1, -0.05) is 22.9 Å². The molecule has 1 aromatic rings. The molecule has 1 aliphatic heterocycles. The third kappa shape index (κ3) is 2.64. The van der Waals surface area contributed by atoms with Gasteiger partial charge in [-0.3, -0.25) is 0 Å². The highest BCUT2D eigenvalue weighted by Crippen LogP contribution is 2.27. The maximum Gasteiger partial charge on any atom is 0.185 e. The van der Waals surface area contributed by atoms with Crippen molar-refractivity contribution in [1.82, 2.24) is 9.88 Å². The van der Waals surface area contributed by atoms with Crippen LogP contribution in [0.2, 0.25) is 5.15 Å². The standard InChI is InChI=1S/C10H13ClN4S/c1-15-4-2-3-7(6-15)13-10-14-9(11)8(5-12)16-10/h7H,2-4,6H2,1H3,(H,13,14). The molecule has 16 heavy (non-hydrogen) atoms. The average Bonchev–Trinajstić information content (AvgIpc) is 2.58. The zero-order chi connectivity index (χ0) is 11.5. The Hall–Kier alpha value is -0.830. The van der Waals surface area contributed by atoms with Gasteiger partial charge in [0.15, 0.2) is 10.3 Å². The van der Waals surface area contributed by atoms with Crippen molar-refractivity contribution in [2.24, 2.45) is 0 Å². The summed E-state index contributed by atoms with van der Waals surface area (Å²) in [4.78, 5) is 6.91. The molecule has 1 N–H and O–H groups in total. The van der Waals surface area contributed by atoms with Crippen molar-refractivity contribution in [2.45, 2.75) is 18.9 Å². The molecule has 0 bridgehead atoms. The number of hydrogen-bond acceptors (Lipinski definition) is 5. The first-order valence-electron chi connectivity index (χ1n) is 5.20. The third-order valence-electron chi connectivity index (χ3n) is 2.64. The Labute approximate surface area is 104 Å². The Morgan fingerprint density at radius 1 is 1.69 bits per heavy atom. The monoisotopic (exact) mass is 256 g/mol. The Balaban J connectivity index is 2.00. The normalized spacial score (nSPS) is 21.7. The largest absolute Gasteiger partial charge is 0.357 e. The fourth-order valence-corrected chi connectivity index (χ4v) is 2.92. The van der Waals surface area contributed by atoms with Gasteiger partial charge in [0.1, 0.15) is 10.9 Å². The van der Waals surface area contributed by atoms with E-state index in [1.54, 1.807) is 0 Å². The number of hydrogen-bond donors (Lipinski definition) is 1. The zero-order valence-corrected chi connectivity index (χ0v) is 10.6. The number of anilines is 1. The highest BCUT2D eigenvalue weighted by molar-refractivity contribution is 7.16. The van der Waals surface area contributed by atoms with Crippen LogP contribution in [0.25, 0.3) is 0 Å². The van der Waals surface area contributed by atoms with Crippen LogP contribution >= 0.6 is 22.9 Å². The molecule has 0 aromatic carbocycles. The molecule has 0 radical (unpaired) electrons. The molecule has 1 saturated heterocycles. The smallest absolute Gasteiger partial charge is 0.185 e. The Bertz CT molecular complexity index is 411. The van der Waals surface area contributed by atoms with Gasteiger partial charge < -0.3 is 10.2 Å². The zero-order valence-electron chi connectivity index (χ0n) is 9.03. The van der Waals surface area contributed by atoms with Crippen molar-refractivity contribution >= 4 is 28.1 Å². The van der Waals surface area contributed by atoms with E-state index in [0.29, 0.717) is 16.1 Å². The minimum absolute atomic E-state index is 0.305. The molecule has 6 heteroatoms. The van der Waals surface area contributed by atoms with E-state index in [1.807, 2.05) is 6.07 Å². The van der Waals surface area contributed by atoms with Crippen LogP contribution in [0, 0.1) is 11.3 Å². The SMILES string of the molecule is CN1CCCC(Nc2nc(Cl)c(C#N)s2)C1. The van der Waals surface area contributed by atoms with Crippen LogP contribution in [0.4, 0.5) is 5.13 Å². The van der Waals surface area contributed by atoms with Gasteiger partial charge >= 0.3 is 0 Å². The van der Waals surface area contributed by atoms with E-state index >= 15 is 0 Å². The van der Waals surface area contributed by atoms with Crippen LogP contribution in [0.5, 0.6) is 0 Å². The summed E-state index contributed by atoms with van der Waals surface area (Å²) in [7, 11) is 2.11. The molecule has 0 amide bonds. The Morgan fingerprint density at radius 2 is 2.50 bits per heavy atom. The lowest BCUT2D eigenvalue weighted by Crippen LogP contribution is -2.39. The molecular formula is C10H13ClN4S. The average molecular weight is 257 g/mol. The molecule has 1 unspecified atom stereocenters. The summed E-state index contributed by atoms with van der Waals surface area (Å²) < 4.78 is 0. The summed E-state index contributed by atoms with van der Waals surface area (Å²) in [6.07, 6.45) is 2.34. The summed E-state index contributed by atoms with van der Waals surface area (Å²) >= 11 is 7.14. The Kier molecular flexibility index (Phi) is 3.64. The number of rotatable bonds is 2. The van der Waals surface area contributed by atoms with E-state index in [-0.39, 0.29) is 0 Å². The molecule has 4 nitrogen and oxygen atoms in total. The summed E-state index contributed by atoms with van der Waals surface area (Å²) in [5, 5.41) is 13.2. The lowest BCUT2D eigenvalue weighted by molar-refractivity contribution is 0.261. The van der Waals surface area contributed by atoms with Crippen molar-refractivity contribution in [1.29, 1.82) is 5.26 Å². The molecule has 1 aromatic heterocycles. The highest BCUT2D eigenvalue weighted by atomic mass is 35.5. The number of likely N-dealkylation sites (N-methyl/N-ethyl adjacent to an activating group) is 1. The molecule has 86 valence electrons. The quantitative estimate of drug-likeness (QED) is 0.881. The van der Waals surface area contributed by atoms with Gasteiger partial charge in [0, 0.05) is 12.6 Å². The van der Waals surface area contributed by atoms with Crippen molar-refractivity contribution in [3.63, 3.8) is 0 Å². The van der Waals surface area contributed by atoms with Gasteiger partial charge in [0.25, 0.3) is 0 Å². The number of nitriles is 1. The summed E-state index contributed by atoms with van der Waals surface area (Å²) in [6.45, 7) is 2.17. The maximum atomic E-state index is 8.78. The number of halogens is 1. The van der Waals surface area contributed by atoms with E-state index in [0.717, 1.165) is 24.6 Å². The van der Waals surface area contributed by atoms with Crippen molar-refractivity contribution < 1.29 is 0 Å². The Morgan fingerprint density at radius 3 is 3.12 bits per heavy atom. The number of piperidine rings is 1. The van der Waals surface area contributed by atoms with Crippen LogP contribution in [-0.2, 0) is 0 Å². The molecule has 2 heterocycles. The molecule has 0 saturated carbocycles. The molecule has 0 spiro atoms. The lowest BCUT2D eigenvalue weighted by atomic mass is 10.1. The molecule has 1 atom stereocenters. The number of thiazole rings is 1. The van der Waals surface area contributed by atoms with Crippen LogP contribution in [0.1, 0.15) is 17.7 Å². The summed E-state index contributed by atoms with van der Waals surface area (Å²) in [5.74, 6) is 0. The first-order valence-corrected chi connectivity index (χ1v) is 6.40. The second kappa shape index (κ2) is 5.00. The van der Waals surface area contributed by atoms with Crippen LogP contribution in [0.15, 0.2) is 0 Å². The van der Waals surface area contributed by atoms with Crippen molar-refractivity contribution in [3.05, 3.63) is 10.0 Å². The minimum Gasteiger partial charge on any atom is -0.357 e. The predicted molar refractivity (Wildman–Crippen MR) is 66.0 cm³/mol. The van der Waals surface area contributed by atoms with E-state index in [4.69, 9.17) is 16.9 Å². The molecule has 0 aliphatic carbocycles. The first kappa shape index (κ1) is 11.6.